The molecule has 164 valence electrons. The van der Waals surface area contributed by atoms with E-state index in [0.717, 1.165) is 22.4 Å². The van der Waals surface area contributed by atoms with Crippen LogP contribution in [-0.2, 0) is 4.74 Å². The Morgan fingerprint density at radius 3 is 3.00 bits per heavy atom. The van der Waals surface area contributed by atoms with Gasteiger partial charge in [0.15, 0.2) is 5.13 Å². The van der Waals surface area contributed by atoms with Crippen molar-refractivity contribution < 1.29 is 19.1 Å². The lowest BCUT2D eigenvalue weighted by molar-refractivity contribution is 0.0326. The number of terminal acetylenes is 1. The summed E-state index contributed by atoms with van der Waals surface area (Å²) in [5, 5.41) is 0.449. The van der Waals surface area contributed by atoms with E-state index in [-0.39, 0.29) is 12.6 Å². The van der Waals surface area contributed by atoms with Crippen molar-refractivity contribution in [2.24, 2.45) is 0 Å². The summed E-state index contributed by atoms with van der Waals surface area (Å²) < 4.78 is 12.3. The molecule has 3 heterocycles. The van der Waals surface area contributed by atoms with Crippen molar-refractivity contribution in [2.45, 2.75) is 26.0 Å². The second-order valence-electron chi connectivity index (χ2n) is 7.13. The minimum absolute atomic E-state index is 0.202. The van der Waals surface area contributed by atoms with Crippen molar-refractivity contribution in [3.8, 4) is 18.1 Å². The number of ether oxygens (including phenoxy) is 2. The Hall–Kier alpha value is -3.64. The molecule has 1 aromatic carbocycles. The zero-order valence-corrected chi connectivity index (χ0v) is 18.4. The molecule has 2 aromatic heterocycles. The molecule has 0 aliphatic carbocycles. The van der Waals surface area contributed by atoms with Gasteiger partial charge in [0, 0.05) is 25.4 Å². The van der Waals surface area contributed by atoms with Crippen LogP contribution >= 0.6 is 11.3 Å². The molecule has 32 heavy (non-hydrogen) atoms. The first-order valence-corrected chi connectivity index (χ1v) is 11.1. The Morgan fingerprint density at radius 2 is 2.25 bits per heavy atom. The van der Waals surface area contributed by atoms with Crippen LogP contribution in [0.4, 0.5) is 9.93 Å². The maximum absolute atomic E-state index is 13.1. The number of esters is 1. The molecule has 0 radical (unpaired) electrons. The summed E-state index contributed by atoms with van der Waals surface area (Å²) in [6.45, 7) is 3.24. The normalized spacial score (nSPS) is 15.8. The minimum Gasteiger partial charge on any atom is -0.494 e. The third kappa shape index (κ3) is 4.50. The molecule has 0 saturated carbocycles. The molecule has 1 saturated heterocycles. The van der Waals surface area contributed by atoms with E-state index in [2.05, 4.69) is 15.9 Å². The summed E-state index contributed by atoms with van der Waals surface area (Å²) in [5.41, 5.74) is 1.05. The lowest BCUT2D eigenvalue weighted by atomic mass is 10.3. The summed E-state index contributed by atoms with van der Waals surface area (Å²) in [4.78, 5) is 37.3. The van der Waals surface area contributed by atoms with E-state index >= 15 is 0 Å². The smallest absolute Gasteiger partial charge is 0.341 e. The predicted molar refractivity (Wildman–Crippen MR) is 122 cm³/mol. The number of hydrogen-bond acceptors (Lipinski definition) is 7. The number of carbonyl (C=O) groups is 2. The van der Waals surface area contributed by atoms with Crippen LogP contribution in [-0.4, -0.2) is 52.8 Å². The van der Waals surface area contributed by atoms with Crippen molar-refractivity contribution >= 4 is 38.7 Å². The SMILES string of the molecule is C#CCCN1CC(OC(=O)c2cccnc2)N(c2nc3ccc(OCCC)cc3s2)C1=O. The molecule has 0 bridgehead atoms. The highest BCUT2D eigenvalue weighted by Gasteiger charge is 2.42. The lowest BCUT2D eigenvalue weighted by Gasteiger charge is -2.20. The van der Waals surface area contributed by atoms with Crippen LogP contribution in [0.15, 0.2) is 42.7 Å². The average molecular weight is 451 g/mol. The fourth-order valence-corrected chi connectivity index (χ4v) is 4.31. The number of aromatic nitrogens is 2. The highest BCUT2D eigenvalue weighted by Crippen LogP contribution is 2.35. The number of amides is 2. The third-order valence-electron chi connectivity index (χ3n) is 4.84. The van der Waals surface area contributed by atoms with Crippen LogP contribution in [0, 0.1) is 12.3 Å². The van der Waals surface area contributed by atoms with Gasteiger partial charge in [0.05, 0.1) is 28.9 Å². The van der Waals surface area contributed by atoms with E-state index in [9.17, 15) is 9.59 Å². The molecule has 4 rings (SSSR count). The van der Waals surface area contributed by atoms with Gasteiger partial charge in [-0.1, -0.05) is 18.3 Å². The molecular formula is C23H22N4O4S. The van der Waals surface area contributed by atoms with Gasteiger partial charge >= 0.3 is 12.0 Å². The van der Waals surface area contributed by atoms with Gasteiger partial charge in [0.1, 0.15) is 5.75 Å². The Labute approximate surface area is 189 Å². The average Bonchev–Trinajstić information content (AvgIpc) is 3.36. The molecule has 0 N–H and O–H groups in total. The maximum Gasteiger partial charge on any atom is 0.341 e. The molecular weight excluding hydrogens is 428 g/mol. The first-order chi connectivity index (χ1) is 15.6. The Balaban J connectivity index is 1.62. The van der Waals surface area contributed by atoms with Gasteiger partial charge in [-0.05, 0) is 36.8 Å². The predicted octanol–water partition coefficient (Wildman–Crippen LogP) is 3.93. The topological polar surface area (TPSA) is 84.9 Å². The van der Waals surface area contributed by atoms with E-state index < -0.39 is 12.2 Å². The number of rotatable bonds is 8. The summed E-state index contributed by atoms with van der Waals surface area (Å²) in [6, 6.07) is 8.58. The van der Waals surface area contributed by atoms with Crippen molar-refractivity contribution in [3.63, 3.8) is 0 Å². The number of carbonyl (C=O) groups excluding carboxylic acids is 2. The molecule has 9 heteroatoms. The maximum atomic E-state index is 13.1. The van der Waals surface area contributed by atoms with E-state index in [0.29, 0.717) is 30.3 Å². The van der Waals surface area contributed by atoms with E-state index in [4.69, 9.17) is 15.9 Å². The fraction of sp³-hybridized carbons (Fsp3) is 0.304. The standard InChI is InChI=1S/C23H22N4O4S/c1-3-5-11-26-15-20(31-21(28)16-7-6-10-24-14-16)27(23(26)29)22-25-18-9-8-17(30-12-4-2)13-19(18)32-22/h1,6-10,13-14,20H,4-5,11-12,15H2,2H3. The molecule has 0 spiro atoms. The van der Waals surface area contributed by atoms with Crippen LogP contribution in [0.25, 0.3) is 10.2 Å². The minimum atomic E-state index is -0.829. The molecule has 1 unspecified atom stereocenters. The second kappa shape index (κ2) is 9.66. The molecule has 1 aliphatic heterocycles. The number of fused-ring (bicyclic) bond motifs is 1. The van der Waals surface area contributed by atoms with Crippen molar-refractivity contribution in [1.29, 1.82) is 0 Å². The zero-order valence-electron chi connectivity index (χ0n) is 17.6. The molecule has 1 atom stereocenters. The number of pyridine rings is 1. The van der Waals surface area contributed by atoms with Crippen molar-refractivity contribution in [2.75, 3.05) is 24.6 Å². The van der Waals surface area contributed by atoms with Crippen molar-refractivity contribution in [3.05, 3.63) is 48.3 Å². The number of hydrogen-bond donors (Lipinski definition) is 0. The molecule has 2 amide bonds. The van der Waals surface area contributed by atoms with Gasteiger partial charge in [-0.3, -0.25) is 4.98 Å². The number of benzene rings is 1. The van der Waals surface area contributed by atoms with Crippen LogP contribution < -0.4 is 9.64 Å². The van der Waals surface area contributed by atoms with Crippen LogP contribution in [0.3, 0.4) is 0 Å². The molecule has 1 fully saturated rings. The van der Waals surface area contributed by atoms with Crippen molar-refractivity contribution in [1.82, 2.24) is 14.9 Å². The van der Waals surface area contributed by atoms with Crippen LogP contribution in [0.1, 0.15) is 30.1 Å². The Bertz CT molecular complexity index is 1160. The van der Waals surface area contributed by atoms with Gasteiger partial charge in [0.2, 0.25) is 6.23 Å². The monoisotopic (exact) mass is 450 g/mol. The van der Waals surface area contributed by atoms with Gasteiger partial charge in [-0.25, -0.2) is 19.5 Å². The quantitative estimate of drug-likeness (QED) is 0.382. The summed E-state index contributed by atoms with van der Waals surface area (Å²) in [7, 11) is 0. The highest BCUT2D eigenvalue weighted by atomic mass is 32.1. The fourth-order valence-electron chi connectivity index (χ4n) is 3.29. The van der Waals surface area contributed by atoms with E-state index in [1.165, 1.54) is 22.4 Å². The summed E-state index contributed by atoms with van der Waals surface area (Å²) in [6.07, 6.45) is 8.85. The Morgan fingerprint density at radius 1 is 1.38 bits per heavy atom. The van der Waals surface area contributed by atoms with Crippen LogP contribution in [0.2, 0.25) is 0 Å². The molecule has 3 aromatic rings. The highest BCUT2D eigenvalue weighted by molar-refractivity contribution is 7.22. The van der Waals surface area contributed by atoms with Gasteiger partial charge < -0.3 is 14.4 Å². The van der Waals surface area contributed by atoms with Gasteiger partial charge in [-0.2, -0.15) is 0 Å². The van der Waals surface area contributed by atoms with E-state index in [1.807, 2.05) is 25.1 Å². The summed E-state index contributed by atoms with van der Waals surface area (Å²) >= 11 is 1.34. The number of thiazole rings is 1. The molecule has 8 nitrogen and oxygen atoms in total. The summed E-state index contributed by atoms with van der Waals surface area (Å²) in [5.74, 6) is 2.73. The zero-order chi connectivity index (χ0) is 22.5. The first-order valence-electron chi connectivity index (χ1n) is 10.3. The third-order valence-corrected chi connectivity index (χ3v) is 5.85. The largest absolute Gasteiger partial charge is 0.494 e. The second-order valence-corrected chi connectivity index (χ2v) is 8.14. The lowest BCUT2D eigenvalue weighted by Crippen LogP contribution is -2.37. The number of nitrogens with zero attached hydrogens (tertiary/aromatic N) is 4. The van der Waals surface area contributed by atoms with E-state index in [1.54, 1.807) is 23.2 Å². The Kier molecular flexibility index (Phi) is 6.52. The van der Waals surface area contributed by atoms with Gasteiger partial charge in [0.25, 0.3) is 0 Å². The first kappa shape index (κ1) is 21.6. The van der Waals surface area contributed by atoms with Crippen LogP contribution in [0.5, 0.6) is 5.75 Å². The number of urea groups is 1. The number of anilines is 1. The van der Waals surface area contributed by atoms with Gasteiger partial charge in [-0.15, -0.1) is 12.3 Å². The molecule has 1 aliphatic rings.